The minimum atomic E-state index is -4.81. The molecule has 0 atom stereocenters. The molecule has 2 aromatic rings. The van der Waals surface area contributed by atoms with Gasteiger partial charge in [-0.15, -0.1) is 5.10 Å². The lowest BCUT2D eigenvalue weighted by Crippen LogP contribution is -2.13. The molecule has 0 radical (unpaired) electrons. The molecule has 0 saturated carbocycles. The zero-order valence-corrected chi connectivity index (χ0v) is 13.5. The molecule has 0 aliphatic carbocycles. The quantitative estimate of drug-likeness (QED) is 0.372. The van der Waals surface area contributed by atoms with Gasteiger partial charge in [0.2, 0.25) is 4.77 Å². The van der Waals surface area contributed by atoms with E-state index in [4.69, 9.17) is 9.47 Å². The number of ether oxygens (including phenoxy) is 2. The van der Waals surface area contributed by atoms with Gasteiger partial charge in [-0.3, -0.25) is 10.1 Å². The molecule has 25 heavy (non-hydrogen) atoms. The van der Waals surface area contributed by atoms with E-state index in [9.17, 15) is 23.3 Å². The van der Waals surface area contributed by atoms with Crippen molar-refractivity contribution in [1.82, 2.24) is 14.9 Å². The minimum Gasteiger partial charge on any atom is -0.493 e. The minimum absolute atomic E-state index is 0.0854. The van der Waals surface area contributed by atoms with Gasteiger partial charge in [-0.25, -0.2) is 5.10 Å². The summed E-state index contributed by atoms with van der Waals surface area (Å²) in [5.41, 5.74) is -0.552. The summed E-state index contributed by atoms with van der Waals surface area (Å²) in [5, 5.41) is 19.7. The summed E-state index contributed by atoms with van der Waals surface area (Å²) < 4.78 is 48.4. The molecule has 0 fully saturated rings. The lowest BCUT2D eigenvalue weighted by atomic mass is 10.1. The lowest BCUT2D eigenvalue weighted by Gasteiger charge is -2.08. The van der Waals surface area contributed by atoms with E-state index in [-0.39, 0.29) is 17.1 Å². The van der Waals surface area contributed by atoms with Gasteiger partial charge in [0.15, 0.2) is 11.5 Å². The number of aromatic amines is 1. The molecule has 1 N–H and O–H groups in total. The molecule has 134 valence electrons. The molecule has 0 saturated heterocycles. The Labute approximate surface area is 142 Å². The Morgan fingerprint density at radius 3 is 2.48 bits per heavy atom. The number of halogens is 3. The summed E-state index contributed by atoms with van der Waals surface area (Å²) in [7, 11) is 2.59. The maximum Gasteiger partial charge on any atom is 0.453 e. The molecule has 1 heterocycles. The van der Waals surface area contributed by atoms with Crippen molar-refractivity contribution < 1.29 is 27.6 Å². The number of hydrogen-bond acceptors (Lipinski definition) is 7. The highest BCUT2D eigenvalue weighted by Gasteiger charge is 2.37. The molecule has 0 aliphatic heterocycles. The van der Waals surface area contributed by atoms with Crippen LogP contribution in [0, 0.1) is 14.9 Å². The Kier molecular flexibility index (Phi) is 5.06. The number of nitro groups is 1. The fourth-order valence-electron chi connectivity index (χ4n) is 1.85. The third-order valence-corrected chi connectivity index (χ3v) is 3.21. The first-order valence-corrected chi connectivity index (χ1v) is 6.79. The largest absolute Gasteiger partial charge is 0.493 e. The average molecular weight is 377 g/mol. The monoisotopic (exact) mass is 377 g/mol. The zero-order chi connectivity index (χ0) is 18.8. The van der Waals surface area contributed by atoms with E-state index in [0.717, 1.165) is 12.3 Å². The number of aromatic nitrogens is 3. The summed E-state index contributed by atoms with van der Waals surface area (Å²) in [6.45, 7) is 0. The number of nitrogens with one attached hydrogen (secondary N) is 1. The van der Waals surface area contributed by atoms with Crippen LogP contribution in [-0.4, -0.2) is 40.2 Å². The van der Waals surface area contributed by atoms with Gasteiger partial charge in [0, 0.05) is 0 Å². The number of alkyl halides is 3. The number of nitro benzene ring substituents is 1. The Morgan fingerprint density at radius 2 is 1.96 bits per heavy atom. The number of rotatable bonds is 5. The maximum atomic E-state index is 12.8. The Morgan fingerprint density at radius 1 is 1.36 bits per heavy atom. The average Bonchev–Trinajstić information content (AvgIpc) is 2.92. The van der Waals surface area contributed by atoms with Crippen LogP contribution in [0.5, 0.6) is 11.5 Å². The van der Waals surface area contributed by atoms with E-state index in [1.165, 1.54) is 20.3 Å². The molecule has 0 amide bonds. The Bertz CT molecular complexity index is 890. The van der Waals surface area contributed by atoms with Crippen molar-refractivity contribution in [1.29, 1.82) is 0 Å². The number of hydrogen-bond donors (Lipinski definition) is 1. The van der Waals surface area contributed by atoms with Crippen molar-refractivity contribution in [2.75, 3.05) is 14.2 Å². The van der Waals surface area contributed by atoms with Crippen LogP contribution in [-0.2, 0) is 6.18 Å². The van der Waals surface area contributed by atoms with E-state index >= 15 is 0 Å². The summed E-state index contributed by atoms with van der Waals surface area (Å²) in [4.78, 5) is 10.4. The van der Waals surface area contributed by atoms with Crippen molar-refractivity contribution in [3.8, 4) is 11.5 Å². The van der Waals surface area contributed by atoms with Crippen LogP contribution in [0.15, 0.2) is 17.2 Å². The van der Waals surface area contributed by atoms with Crippen LogP contribution in [0.25, 0.3) is 0 Å². The van der Waals surface area contributed by atoms with Crippen LogP contribution in [0.4, 0.5) is 18.9 Å². The maximum absolute atomic E-state index is 12.8. The third-order valence-electron chi connectivity index (χ3n) is 2.95. The Hall–Kier alpha value is -2.96. The topological polar surface area (TPSA) is 108 Å². The second kappa shape index (κ2) is 6.88. The van der Waals surface area contributed by atoms with Crippen molar-refractivity contribution in [2.24, 2.45) is 5.10 Å². The first kappa shape index (κ1) is 18.4. The van der Waals surface area contributed by atoms with E-state index in [1.807, 2.05) is 5.10 Å². The summed E-state index contributed by atoms with van der Waals surface area (Å²) in [5.74, 6) is -1.17. The summed E-state index contributed by atoms with van der Waals surface area (Å²) in [6, 6.07) is 2.27. The van der Waals surface area contributed by atoms with Crippen LogP contribution < -0.4 is 9.47 Å². The van der Waals surface area contributed by atoms with Gasteiger partial charge >= 0.3 is 6.18 Å². The molecule has 1 aromatic carbocycles. The number of nitrogens with zero attached hydrogens (tertiary/aromatic N) is 4. The van der Waals surface area contributed by atoms with Gasteiger partial charge in [0.25, 0.3) is 11.5 Å². The van der Waals surface area contributed by atoms with Crippen LogP contribution in [0.3, 0.4) is 0 Å². The first-order valence-electron chi connectivity index (χ1n) is 6.38. The highest BCUT2D eigenvalue weighted by Crippen LogP contribution is 2.34. The van der Waals surface area contributed by atoms with E-state index in [0.29, 0.717) is 4.68 Å². The van der Waals surface area contributed by atoms with E-state index in [2.05, 4.69) is 22.4 Å². The smallest absolute Gasteiger partial charge is 0.453 e. The highest BCUT2D eigenvalue weighted by atomic mass is 32.1. The molecule has 0 aliphatic rings. The fraction of sp³-hybridized carbons (Fsp3) is 0.250. The summed E-state index contributed by atoms with van der Waals surface area (Å²) in [6.07, 6.45) is -3.96. The molecule has 0 unspecified atom stereocenters. The SMILES string of the molecule is COc1cc(/C=N\n2c(C(F)(F)F)n[nH]c2=S)c([N+](=O)[O-])cc1OC. The number of benzene rings is 1. The number of methoxy groups -OCH3 is 2. The standard InChI is InChI=1S/C12H10F3N5O4S/c1-23-8-3-6(7(20(21)22)4-9(8)24-2)5-16-19-10(12(13,14)15)17-18-11(19)25/h3-5H,1-2H3,(H,18,25)/b16-5-. The van der Waals surface area contributed by atoms with Gasteiger partial charge in [0.05, 0.1) is 37.0 Å². The molecule has 0 bridgehead atoms. The predicted octanol–water partition coefficient (Wildman–Crippen LogP) is 2.77. The fourth-order valence-corrected chi connectivity index (χ4v) is 2.03. The summed E-state index contributed by atoms with van der Waals surface area (Å²) >= 11 is 4.68. The van der Waals surface area contributed by atoms with Crippen molar-refractivity contribution in [3.05, 3.63) is 38.4 Å². The zero-order valence-electron chi connectivity index (χ0n) is 12.7. The van der Waals surface area contributed by atoms with Gasteiger partial charge in [0.1, 0.15) is 0 Å². The number of H-pyrrole nitrogens is 1. The van der Waals surface area contributed by atoms with Crippen LogP contribution in [0.2, 0.25) is 0 Å². The van der Waals surface area contributed by atoms with Gasteiger partial charge in [-0.2, -0.15) is 22.9 Å². The van der Waals surface area contributed by atoms with E-state index < -0.39 is 27.4 Å². The molecule has 9 nitrogen and oxygen atoms in total. The van der Waals surface area contributed by atoms with Crippen LogP contribution >= 0.6 is 12.2 Å². The normalized spacial score (nSPS) is 11.7. The van der Waals surface area contributed by atoms with E-state index in [1.54, 1.807) is 0 Å². The highest BCUT2D eigenvalue weighted by molar-refractivity contribution is 7.71. The molecule has 13 heteroatoms. The van der Waals surface area contributed by atoms with Crippen LogP contribution in [0.1, 0.15) is 11.4 Å². The molecular formula is C12H10F3N5O4S. The predicted molar refractivity (Wildman–Crippen MR) is 81.6 cm³/mol. The second-order valence-corrected chi connectivity index (χ2v) is 4.82. The van der Waals surface area contributed by atoms with Gasteiger partial charge in [-0.05, 0) is 18.3 Å². The second-order valence-electron chi connectivity index (χ2n) is 4.43. The van der Waals surface area contributed by atoms with Crippen molar-refractivity contribution in [3.63, 3.8) is 0 Å². The Balaban J connectivity index is 2.57. The third kappa shape index (κ3) is 3.76. The lowest BCUT2D eigenvalue weighted by molar-refractivity contribution is -0.385. The first-order chi connectivity index (χ1) is 11.7. The van der Waals surface area contributed by atoms with Crippen molar-refractivity contribution in [2.45, 2.75) is 6.18 Å². The molecule has 1 aromatic heterocycles. The van der Waals surface area contributed by atoms with Gasteiger partial charge < -0.3 is 9.47 Å². The van der Waals surface area contributed by atoms with Crippen molar-refractivity contribution >= 4 is 24.1 Å². The van der Waals surface area contributed by atoms with Gasteiger partial charge in [-0.1, -0.05) is 0 Å². The molecule has 0 spiro atoms. The molecule has 2 rings (SSSR count). The molecular weight excluding hydrogens is 367 g/mol.